The van der Waals surface area contributed by atoms with Crippen molar-refractivity contribution in [2.24, 2.45) is 0 Å². The normalized spacial score (nSPS) is 9.08. The summed E-state index contributed by atoms with van der Waals surface area (Å²) in [6, 6.07) is 7.71. The van der Waals surface area contributed by atoms with Gasteiger partial charge in [0.2, 0.25) is 0 Å². The van der Waals surface area contributed by atoms with E-state index in [-0.39, 0.29) is 0 Å². The van der Waals surface area contributed by atoms with E-state index in [4.69, 9.17) is 17.0 Å². The monoisotopic (exact) mass is 178 g/mol. The first-order valence-electron chi connectivity index (χ1n) is 3.63. The summed E-state index contributed by atoms with van der Waals surface area (Å²) in [6.07, 6.45) is 1.51. The lowest BCUT2D eigenvalue weighted by Crippen LogP contribution is -1.99. The van der Waals surface area contributed by atoms with Gasteiger partial charge < -0.3 is 4.74 Å². The van der Waals surface area contributed by atoms with E-state index in [1.54, 1.807) is 0 Å². The van der Waals surface area contributed by atoms with Gasteiger partial charge in [0.25, 0.3) is 0 Å². The third kappa shape index (κ3) is 2.47. The molecule has 0 heterocycles. The highest BCUT2D eigenvalue weighted by Gasteiger charge is 1.94. The van der Waals surface area contributed by atoms with Crippen LogP contribution in [0.1, 0.15) is 5.56 Å². The summed E-state index contributed by atoms with van der Waals surface area (Å²) in [5.74, 6) is 0.755. The molecule has 0 amide bonds. The van der Waals surface area contributed by atoms with Crippen LogP contribution in [0.15, 0.2) is 36.9 Å². The van der Waals surface area contributed by atoms with Gasteiger partial charge in [-0.3, -0.25) is 0 Å². The van der Waals surface area contributed by atoms with Crippen molar-refractivity contribution in [3.05, 3.63) is 42.5 Å². The molecule has 0 unspecified atom stereocenters. The minimum absolute atomic E-state index is 0.402. The van der Waals surface area contributed by atoms with Crippen LogP contribution in [0.5, 0.6) is 5.75 Å². The highest BCUT2D eigenvalue weighted by Crippen LogP contribution is 2.11. The third-order valence-corrected chi connectivity index (χ3v) is 1.66. The molecular weight excluding hydrogens is 168 g/mol. The fraction of sp³-hybridized carbons (Fsp3) is 0.100. The first-order chi connectivity index (χ1) is 5.72. The first-order valence-corrected chi connectivity index (χ1v) is 4.04. The van der Waals surface area contributed by atoms with Crippen molar-refractivity contribution in [3.8, 4) is 5.75 Å². The van der Waals surface area contributed by atoms with Gasteiger partial charge in [-0.05, 0) is 37.4 Å². The molecule has 62 valence electrons. The van der Waals surface area contributed by atoms with E-state index in [2.05, 4.69) is 6.58 Å². The summed E-state index contributed by atoms with van der Waals surface area (Å²) in [5, 5.41) is 0.402. The van der Waals surface area contributed by atoms with Gasteiger partial charge in [-0.2, -0.15) is 0 Å². The van der Waals surface area contributed by atoms with Gasteiger partial charge >= 0.3 is 0 Å². The molecule has 0 saturated carbocycles. The summed E-state index contributed by atoms with van der Waals surface area (Å²) in [4.78, 5) is 0. The van der Waals surface area contributed by atoms with E-state index in [0.29, 0.717) is 5.05 Å². The molecule has 12 heavy (non-hydrogen) atoms. The van der Waals surface area contributed by atoms with Gasteiger partial charge in [0.1, 0.15) is 5.75 Å². The largest absolute Gasteiger partial charge is 0.446 e. The maximum Gasteiger partial charge on any atom is 0.190 e. The lowest BCUT2D eigenvalue weighted by Gasteiger charge is -2.02. The molecule has 0 saturated heterocycles. The Labute approximate surface area is 77.7 Å². The van der Waals surface area contributed by atoms with Gasteiger partial charge in [0, 0.05) is 0 Å². The zero-order valence-electron chi connectivity index (χ0n) is 6.91. The van der Waals surface area contributed by atoms with Gasteiger partial charge in [-0.1, -0.05) is 24.3 Å². The Morgan fingerprint density at radius 1 is 1.42 bits per heavy atom. The fourth-order valence-electron chi connectivity index (χ4n) is 0.764. The Morgan fingerprint density at radius 2 is 2.00 bits per heavy atom. The van der Waals surface area contributed by atoms with E-state index in [9.17, 15) is 0 Å². The van der Waals surface area contributed by atoms with Gasteiger partial charge in [0.05, 0.1) is 0 Å². The Hall–Kier alpha value is -1.15. The van der Waals surface area contributed by atoms with Crippen LogP contribution >= 0.6 is 12.2 Å². The Kier molecular flexibility index (Phi) is 3.00. The van der Waals surface area contributed by atoms with Crippen LogP contribution in [0.2, 0.25) is 0 Å². The van der Waals surface area contributed by atoms with E-state index in [1.165, 1.54) is 11.6 Å². The molecule has 2 heteroatoms. The van der Waals surface area contributed by atoms with E-state index in [0.717, 1.165) is 5.75 Å². The number of ether oxygens (including phenoxy) is 1. The summed E-state index contributed by atoms with van der Waals surface area (Å²) >= 11 is 4.83. The van der Waals surface area contributed by atoms with Crippen LogP contribution in [0.25, 0.3) is 0 Å². The molecule has 0 N–H and O–H groups in total. The number of hydrogen-bond donors (Lipinski definition) is 0. The molecule has 0 radical (unpaired) electrons. The molecule has 0 aliphatic carbocycles. The minimum atomic E-state index is 0.402. The second kappa shape index (κ2) is 4.02. The van der Waals surface area contributed by atoms with Crippen LogP contribution in [0.4, 0.5) is 0 Å². The zero-order chi connectivity index (χ0) is 8.97. The quantitative estimate of drug-likeness (QED) is 0.508. The summed E-state index contributed by atoms with van der Waals surface area (Å²) in [6.45, 7) is 5.53. The lowest BCUT2D eigenvalue weighted by molar-refractivity contribution is 0.569. The molecule has 0 aliphatic heterocycles. The standard InChI is InChI=1S/C10H10OS/c1-3-10(12)11-9-6-4-8(2)5-7-9/h3-7H,1H2,2H3. The highest BCUT2D eigenvalue weighted by atomic mass is 32.1. The molecule has 1 rings (SSSR count). The Morgan fingerprint density at radius 3 is 2.50 bits per heavy atom. The molecule has 0 aromatic heterocycles. The van der Waals surface area contributed by atoms with Crippen molar-refractivity contribution >= 4 is 17.3 Å². The lowest BCUT2D eigenvalue weighted by atomic mass is 10.2. The SMILES string of the molecule is C=CC(=S)Oc1ccc(C)cc1. The topological polar surface area (TPSA) is 9.23 Å². The number of rotatable bonds is 2. The van der Waals surface area contributed by atoms with Crippen LogP contribution < -0.4 is 4.74 Å². The second-order valence-electron chi connectivity index (χ2n) is 2.44. The summed E-state index contributed by atoms with van der Waals surface area (Å²) < 4.78 is 5.23. The molecule has 0 aliphatic rings. The average Bonchev–Trinajstić information content (AvgIpc) is 2.09. The maximum atomic E-state index is 5.23. The van der Waals surface area contributed by atoms with Crippen molar-refractivity contribution < 1.29 is 4.74 Å². The summed E-state index contributed by atoms with van der Waals surface area (Å²) in [7, 11) is 0. The molecule has 0 fully saturated rings. The molecule has 1 aromatic carbocycles. The van der Waals surface area contributed by atoms with Crippen LogP contribution in [0.3, 0.4) is 0 Å². The molecule has 0 atom stereocenters. The molecule has 0 bridgehead atoms. The predicted molar refractivity (Wildman–Crippen MR) is 54.6 cm³/mol. The molecular formula is C10H10OS. The van der Waals surface area contributed by atoms with E-state index >= 15 is 0 Å². The van der Waals surface area contributed by atoms with Crippen molar-refractivity contribution in [3.63, 3.8) is 0 Å². The molecule has 0 spiro atoms. The Bertz CT molecular complexity index is 287. The molecule has 1 nitrogen and oxygen atoms in total. The number of hydrogen-bond acceptors (Lipinski definition) is 2. The van der Waals surface area contributed by atoms with Crippen LogP contribution in [0, 0.1) is 6.92 Å². The highest BCUT2D eigenvalue weighted by molar-refractivity contribution is 7.80. The van der Waals surface area contributed by atoms with Crippen molar-refractivity contribution in [1.29, 1.82) is 0 Å². The number of aryl methyl sites for hydroxylation is 1. The zero-order valence-corrected chi connectivity index (χ0v) is 7.73. The third-order valence-electron chi connectivity index (χ3n) is 1.41. The van der Waals surface area contributed by atoms with Crippen molar-refractivity contribution in [1.82, 2.24) is 0 Å². The molecule has 1 aromatic rings. The summed E-state index contributed by atoms with van der Waals surface area (Å²) in [5.41, 5.74) is 1.20. The smallest absolute Gasteiger partial charge is 0.190 e. The second-order valence-corrected chi connectivity index (χ2v) is 2.84. The van der Waals surface area contributed by atoms with Crippen LogP contribution in [-0.4, -0.2) is 5.05 Å². The maximum absolute atomic E-state index is 5.23. The van der Waals surface area contributed by atoms with Crippen molar-refractivity contribution in [2.75, 3.05) is 0 Å². The van der Waals surface area contributed by atoms with Gasteiger partial charge in [0.15, 0.2) is 5.05 Å². The fourth-order valence-corrected chi connectivity index (χ4v) is 0.860. The van der Waals surface area contributed by atoms with E-state index < -0.39 is 0 Å². The predicted octanol–water partition coefficient (Wildman–Crippen LogP) is 2.89. The van der Waals surface area contributed by atoms with E-state index in [1.807, 2.05) is 31.2 Å². The van der Waals surface area contributed by atoms with Gasteiger partial charge in [-0.15, -0.1) is 0 Å². The first kappa shape index (κ1) is 8.94. The van der Waals surface area contributed by atoms with Crippen LogP contribution in [-0.2, 0) is 0 Å². The Balaban J connectivity index is 2.71. The average molecular weight is 178 g/mol. The number of benzene rings is 1. The van der Waals surface area contributed by atoms with Gasteiger partial charge in [-0.25, -0.2) is 0 Å². The van der Waals surface area contributed by atoms with Crippen molar-refractivity contribution in [2.45, 2.75) is 6.92 Å². The number of thiocarbonyl (C=S) groups is 1. The minimum Gasteiger partial charge on any atom is -0.446 e.